The molecule has 5 nitrogen and oxygen atoms in total. The molecule has 1 N–H and O–H groups in total. The largest absolute Gasteiger partial charge is 0.486 e. The zero-order valence-electron chi connectivity index (χ0n) is 16.3. The molecule has 2 aliphatic rings. The van der Waals surface area contributed by atoms with E-state index in [0.29, 0.717) is 19.8 Å². The molecule has 0 bridgehead atoms. The molecule has 1 atom stereocenters. The van der Waals surface area contributed by atoms with Gasteiger partial charge in [-0.1, -0.05) is 42.5 Å². The minimum Gasteiger partial charge on any atom is -0.486 e. The molecule has 0 radical (unpaired) electrons. The van der Waals surface area contributed by atoms with Crippen molar-refractivity contribution in [3.05, 3.63) is 66.2 Å². The van der Waals surface area contributed by atoms with Crippen molar-refractivity contribution in [1.29, 1.82) is 0 Å². The standard InChI is InChI=1S/C24H24N2O3/c27-24(25-20-8-3-6-17-5-1-2-7-19(17)20)16-26-12-4-9-21(26)18-10-11-22-23(15-18)29-14-13-28-22/h1-3,5-8,10-11,15,21H,4,9,12-14,16H2,(H,25,27)/t21-/m0/s1. The molecule has 2 aliphatic heterocycles. The Hall–Kier alpha value is -3.05. The van der Waals surface area contributed by atoms with Crippen LogP contribution in [0.3, 0.4) is 0 Å². The van der Waals surface area contributed by atoms with Gasteiger partial charge in [0.05, 0.1) is 6.54 Å². The average Bonchev–Trinajstić information content (AvgIpc) is 3.21. The van der Waals surface area contributed by atoms with Crippen LogP contribution >= 0.6 is 0 Å². The van der Waals surface area contributed by atoms with Crippen LogP contribution in [0.15, 0.2) is 60.7 Å². The van der Waals surface area contributed by atoms with Gasteiger partial charge in [-0.25, -0.2) is 0 Å². The molecule has 0 saturated carbocycles. The van der Waals surface area contributed by atoms with Gasteiger partial charge in [-0.2, -0.15) is 0 Å². The fraction of sp³-hybridized carbons (Fsp3) is 0.292. The Bertz CT molecular complexity index is 1040. The van der Waals surface area contributed by atoms with Gasteiger partial charge in [0, 0.05) is 17.1 Å². The molecule has 0 aliphatic carbocycles. The van der Waals surface area contributed by atoms with E-state index in [4.69, 9.17) is 9.47 Å². The predicted octanol–water partition coefficient (Wildman–Crippen LogP) is 4.39. The van der Waals surface area contributed by atoms with Gasteiger partial charge in [-0.15, -0.1) is 0 Å². The highest BCUT2D eigenvalue weighted by atomic mass is 16.6. The van der Waals surface area contributed by atoms with E-state index < -0.39 is 0 Å². The van der Waals surface area contributed by atoms with Crippen LogP contribution in [-0.2, 0) is 4.79 Å². The quantitative estimate of drug-likeness (QED) is 0.720. The number of nitrogens with one attached hydrogen (secondary N) is 1. The highest BCUT2D eigenvalue weighted by Crippen LogP contribution is 2.38. The first-order chi connectivity index (χ1) is 14.3. The maximum absolute atomic E-state index is 12.8. The van der Waals surface area contributed by atoms with Gasteiger partial charge >= 0.3 is 0 Å². The second-order valence-electron chi connectivity index (χ2n) is 7.61. The molecule has 2 heterocycles. The number of carbonyl (C=O) groups is 1. The van der Waals surface area contributed by atoms with Crippen LogP contribution in [0.4, 0.5) is 5.69 Å². The first-order valence-corrected chi connectivity index (χ1v) is 10.2. The number of benzene rings is 3. The van der Waals surface area contributed by atoms with Gasteiger partial charge in [0.1, 0.15) is 13.2 Å². The first-order valence-electron chi connectivity index (χ1n) is 10.2. The van der Waals surface area contributed by atoms with E-state index in [-0.39, 0.29) is 11.9 Å². The van der Waals surface area contributed by atoms with Crippen molar-refractivity contribution in [2.75, 3.05) is 31.6 Å². The zero-order valence-corrected chi connectivity index (χ0v) is 16.3. The van der Waals surface area contributed by atoms with Crippen molar-refractivity contribution in [2.45, 2.75) is 18.9 Å². The lowest BCUT2D eigenvalue weighted by atomic mass is 10.0. The monoisotopic (exact) mass is 388 g/mol. The summed E-state index contributed by atoms with van der Waals surface area (Å²) in [7, 11) is 0. The van der Waals surface area contributed by atoms with E-state index in [1.807, 2.05) is 36.4 Å². The van der Waals surface area contributed by atoms with Gasteiger partial charge in [-0.3, -0.25) is 9.69 Å². The second kappa shape index (κ2) is 7.76. The summed E-state index contributed by atoms with van der Waals surface area (Å²) < 4.78 is 11.4. The first kappa shape index (κ1) is 18.0. The number of hydrogen-bond acceptors (Lipinski definition) is 4. The summed E-state index contributed by atoms with van der Waals surface area (Å²) >= 11 is 0. The lowest BCUT2D eigenvalue weighted by Gasteiger charge is -2.26. The Morgan fingerprint density at radius 3 is 2.76 bits per heavy atom. The highest BCUT2D eigenvalue weighted by Gasteiger charge is 2.28. The molecule has 148 valence electrons. The molecule has 1 amide bonds. The van der Waals surface area contributed by atoms with Gasteiger partial charge < -0.3 is 14.8 Å². The van der Waals surface area contributed by atoms with Crippen molar-refractivity contribution in [1.82, 2.24) is 4.90 Å². The molecule has 1 fully saturated rings. The lowest BCUT2D eigenvalue weighted by Crippen LogP contribution is -2.33. The molecule has 29 heavy (non-hydrogen) atoms. The third kappa shape index (κ3) is 3.66. The maximum Gasteiger partial charge on any atom is 0.238 e. The summed E-state index contributed by atoms with van der Waals surface area (Å²) in [5.74, 6) is 1.63. The van der Waals surface area contributed by atoms with Crippen molar-refractivity contribution in [3.63, 3.8) is 0 Å². The Kier molecular flexibility index (Phi) is 4.82. The minimum absolute atomic E-state index is 0.0193. The van der Waals surface area contributed by atoms with Crippen molar-refractivity contribution < 1.29 is 14.3 Å². The molecule has 0 aromatic heterocycles. The summed E-state index contributed by atoms with van der Waals surface area (Å²) in [5.41, 5.74) is 2.05. The van der Waals surface area contributed by atoms with E-state index in [9.17, 15) is 4.79 Å². The van der Waals surface area contributed by atoms with Crippen molar-refractivity contribution in [3.8, 4) is 11.5 Å². The third-order valence-electron chi connectivity index (χ3n) is 5.73. The number of fused-ring (bicyclic) bond motifs is 2. The van der Waals surface area contributed by atoms with Crippen molar-refractivity contribution >= 4 is 22.4 Å². The fourth-order valence-electron chi connectivity index (χ4n) is 4.37. The van der Waals surface area contributed by atoms with Gasteiger partial charge in [0.2, 0.25) is 5.91 Å². The smallest absolute Gasteiger partial charge is 0.238 e. The van der Waals surface area contributed by atoms with Crippen LogP contribution < -0.4 is 14.8 Å². The summed E-state index contributed by atoms with van der Waals surface area (Å²) in [6.45, 7) is 2.47. The molecular formula is C24H24N2O3. The van der Waals surface area contributed by atoms with Crippen LogP contribution in [-0.4, -0.2) is 37.1 Å². The molecule has 3 aromatic carbocycles. The molecule has 0 spiro atoms. The number of amides is 1. The Labute approximate surface area is 170 Å². The average molecular weight is 388 g/mol. The number of nitrogens with zero attached hydrogens (tertiary/aromatic N) is 1. The number of ether oxygens (including phenoxy) is 2. The van der Waals surface area contributed by atoms with Crippen LogP contribution in [0, 0.1) is 0 Å². The van der Waals surface area contributed by atoms with E-state index in [1.54, 1.807) is 0 Å². The predicted molar refractivity (Wildman–Crippen MR) is 114 cm³/mol. The maximum atomic E-state index is 12.8. The molecule has 0 unspecified atom stereocenters. The molecular weight excluding hydrogens is 364 g/mol. The number of carbonyl (C=O) groups excluding carboxylic acids is 1. The molecule has 1 saturated heterocycles. The van der Waals surface area contributed by atoms with E-state index in [1.165, 1.54) is 5.56 Å². The van der Waals surface area contributed by atoms with Gasteiger partial charge in [0.25, 0.3) is 0 Å². The summed E-state index contributed by atoms with van der Waals surface area (Å²) in [4.78, 5) is 15.1. The van der Waals surface area contributed by atoms with Crippen LogP contribution in [0.5, 0.6) is 11.5 Å². The van der Waals surface area contributed by atoms with Crippen LogP contribution in [0.2, 0.25) is 0 Å². The number of likely N-dealkylation sites (tertiary alicyclic amines) is 1. The normalized spacial score (nSPS) is 18.7. The zero-order chi connectivity index (χ0) is 19.6. The molecule has 3 aromatic rings. The third-order valence-corrected chi connectivity index (χ3v) is 5.73. The summed E-state index contributed by atoms with van der Waals surface area (Å²) in [6, 6.07) is 20.5. The van der Waals surface area contributed by atoms with Gasteiger partial charge in [0.15, 0.2) is 11.5 Å². The fourth-order valence-corrected chi connectivity index (χ4v) is 4.37. The molecule has 5 heteroatoms. The van der Waals surface area contributed by atoms with E-state index in [0.717, 1.165) is 47.3 Å². The SMILES string of the molecule is O=C(CN1CCC[C@H]1c1ccc2c(c1)OCCO2)Nc1cccc2ccccc12. The Morgan fingerprint density at radius 2 is 1.83 bits per heavy atom. The van der Waals surface area contributed by atoms with E-state index >= 15 is 0 Å². The number of anilines is 1. The van der Waals surface area contributed by atoms with E-state index in [2.05, 4.69) is 34.5 Å². The van der Waals surface area contributed by atoms with Gasteiger partial charge in [-0.05, 0) is 48.5 Å². The second-order valence-corrected chi connectivity index (χ2v) is 7.61. The highest BCUT2D eigenvalue weighted by molar-refractivity contribution is 6.02. The van der Waals surface area contributed by atoms with Crippen LogP contribution in [0.25, 0.3) is 10.8 Å². The molecule has 5 rings (SSSR count). The van der Waals surface area contributed by atoms with Crippen molar-refractivity contribution in [2.24, 2.45) is 0 Å². The summed E-state index contributed by atoms with van der Waals surface area (Å²) in [6.07, 6.45) is 2.13. The number of hydrogen-bond donors (Lipinski definition) is 1. The Balaban J connectivity index is 1.31. The lowest BCUT2D eigenvalue weighted by molar-refractivity contribution is -0.117. The number of rotatable bonds is 4. The minimum atomic E-state index is 0.0193. The topological polar surface area (TPSA) is 50.8 Å². The van der Waals surface area contributed by atoms with Crippen LogP contribution in [0.1, 0.15) is 24.4 Å². The Morgan fingerprint density at radius 1 is 1.00 bits per heavy atom. The summed E-state index contributed by atoms with van der Waals surface area (Å²) in [5, 5.41) is 5.30.